The highest BCUT2D eigenvalue weighted by Crippen LogP contribution is 2.39. The maximum atomic E-state index is 13.3. The Balaban J connectivity index is 1.63. The topological polar surface area (TPSA) is 78.9 Å². The van der Waals surface area contributed by atoms with Crippen LogP contribution in [0.15, 0.2) is 95.2 Å². The number of nitriles is 1. The Bertz CT molecular complexity index is 1210. The SMILES string of the molecule is N#Cc1c(-c2ccccc2)csc1NC(=O)C(Sc1ccc(N)cc1)c1ccccc1. The van der Waals surface area contributed by atoms with E-state index in [0.717, 1.165) is 21.6 Å². The number of nitrogens with two attached hydrogens (primary N) is 1. The molecule has 4 rings (SSSR count). The fourth-order valence-corrected chi connectivity index (χ4v) is 5.10. The van der Waals surface area contributed by atoms with E-state index in [1.54, 1.807) is 0 Å². The second kappa shape index (κ2) is 9.52. The molecule has 31 heavy (non-hydrogen) atoms. The third-order valence-corrected chi connectivity index (χ3v) is 6.86. The van der Waals surface area contributed by atoms with Crippen LogP contribution in [0, 0.1) is 11.3 Å². The van der Waals surface area contributed by atoms with Gasteiger partial charge in [0.25, 0.3) is 0 Å². The summed E-state index contributed by atoms with van der Waals surface area (Å²) in [4.78, 5) is 14.3. The molecule has 4 aromatic rings. The minimum Gasteiger partial charge on any atom is -0.399 e. The molecule has 3 aromatic carbocycles. The first-order chi connectivity index (χ1) is 15.2. The smallest absolute Gasteiger partial charge is 0.243 e. The van der Waals surface area contributed by atoms with Crippen molar-refractivity contribution in [1.29, 1.82) is 5.26 Å². The van der Waals surface area contributed by atoms with Gasteiger partial charge in [0, 0.05) is 21.5 Å². The Hall–Kier alpha value is -3.53. The third-order valence-electron chi connectivity index (χ3n) is 4.70. The summed E-state index contributed by atoms with van der Waals surface area (Å²) >= 11 is 2.81. The highest BCUT2D eigenvalue weighted by molar-refractivity contribution is 8.00. The lowest BCUT2D eigenvalue weighted by Gasteiger charge is -2.17. The van der Waals surface area contributed by atoms with E-state index < -0.39 is 5.25 Å². The van der Waals surface area contributed by atoms with E-state index in [4.69, 9.17) is 5.73 Å². The van der Waals surface area contributed by atoms with Crippen molar-refractivity contribution < 1.29 is 4.79 Å². The molecule has 0 radical (unpaired) electrons. The number of amides is 1. The van der Waals surface area contributed by atoms with E-state index in [1.165, 1.54) is 23.1 Å². The number of nitrogens with one attached hydrogen (secondary N) is 1. The molecule has 1 amide bonds. The van der Waals surface area contributed by atoms with Gasteiger partial charge in [0.15, 0.2) is 0 Å². The lowest BCUT2D eigenvalue weighted by atomic mass is 10.1. The number of thioether (sulfide) groups is 1. The van der Waals surface area contributed by atoms with Gasteiger partial charge in [0.1, 0.15) is 16.3 Å². The summed E-state index contributed by atoms with van der Waals surface area (Å²) in [5.41, 5.74) is 9.62. The second-order valence-corrected chi connectivity index (χ2v) is 8.86. The monoisotopic (exact) mass is 441 g/mol. The molecule has 1 unspecified atom stereocenters. The number of hydrogen-bond donors (Lipinski definition) is 2. The van der Waals surface area contributed by atoms with Gasteiger partial charge in [-0.3, -0.25) is 4.79 Å². The molecule has 1 aromatic heterocycles. The maximum Gasteiger partial charge on any atom is 0.243 e. The van der Waals surface area contributed by atoms with E-state index in [1.807, 2.05) is 90.3 Å². The number of nitrogen functional groups attached to an aromatic ring is 1. The van der Waals surface area contributed by atoms with Crippen molar-refractivity contribution in [2.45, 2.75) is 10.1 Å². The summed E-state index contributed by atoms with van der Waals surface area (Å²) in [7, 11) is 0. The van der Waals surface area contributed by atoms with Gasteiger partial charge in [-0.2, -0.15) is 5.26 Å². The van der Waals surface area contributed by atoms with Crippen LogP contribution in [0.2, 0.25) is 0 Å². The Morgan fingerprint density at radius 3 is 2.26 bits per heavy atom. The standard InChI is InChI=1S/C25H19N3OS2/c26-15-21-22(17-7-3-1-4-8-17)16-30-25(21)28-24(29)23(18-9-5-2-6-10-18)31-20-13-11-19(27)12-14-20/h1-14,16,23H,27H2,(H,28,29). The highest BCUT2D eigenvalue weighted by atomic mass is 32.2. The fraction of sp³-hybridized carbons (Fsp3) is 0.0400. The number of nitrogens with zero attached hydrogens (tertiary/aromatic N) is 1. The number of thiophene rings is 1. The van der Waals surface area contributed by atoms with Crippen LogP contribution in [-0.4, -0.2) is 5.91 Å². The van der Waals surface area contributed by atoms with Gasteiger partial charge in [0.2, 0.25) is 5.91 Å². The maximum absolute atomic E-state index is 13.3. The van der Waals surface area contributed by atoms with Gasteiger partial charge in [-0.25, -0.2) is 0 Å². The molecule has 0 spiro atoms. The Labute approximate surface area is 189 Å². The van der Waals surface area contributed by atoms with Crippen LogP contribution in [0.4, 0.5) is 10.7 Å². The lowest BCUT2D eigenvalue weighted by molar-refractivity contribution is -0.115. The normalized spacial score (nSPS) is 11.5. The number of hydrogen-bond acceptors (Lipinski definition) is 5. The number of benzene rings is 3. The third kappa shape index (κ3) is 4.80. The predicted octanol–water partition coefficient (Wildman–Crippen LogP) is 6.34. The fourth-order valence-electron chi connectivity index (χ4n) is 3.15. The Kier molecular flexibility index (Phi) is 6.37. The first kappa shape index (κ1) is 20.7. The molecule has 1 atom stereocenters. The number of carbonyl (C=O) groups excluding carboxylic acids is 1. The number of anilines is 2. The molecule has 3 N–H and O–H groups in total. The zero-order valence-electron chi connectivity index (χ0n) is 16.5. The van der Waals surface area contributed by atoms with Crippen LogP contribution in [-0.2, 0) is 4.79 Å². The van der Waals surface area contributed by atoms with Gasteiger partial charge in [-0.15, -0.1) is 23.1 Å². The van der Waals surface area contributed by atoms with E-state index in [-0.39, 0.29) is 5.91 Å². The van der Waals surface area contributed by atoms with Crippen LogP contribution < -0.4 is 11.1 Å². The molecule has 0 fully saturated rings. The average molecular weight is 442 g/mol. The largest absolute Gasteiger partial charge is 0.399 e. The van der Waals surface area contributed by atoms with Crippen LogP contribution in [0.5, 0.6) is 0 Å². The van der Waals surface area contributed by atoms with Crippen molar-refractivity contribution in [3.05, 3.63) is 101 Å². The van der Waals surface area contributed by atoms with Gasteiger partial charge in [0.05, 0.1) is 5.56 Å². The Morgan fingerprint density at radius 1 is 0.968 bits per heavy atom. The quantitative estimate of drug-likeness (QED) is 0.270. The average Bonchev–Trinajstić information content (AvgIpc) is 3.22. The molecule has 0 aliphatic rings. The van der Waals surface area contributed by atoms with Crippen molar-refractivity contribution >= 4 is 39.7 Å². The molecule has 0 aliphatic carbocycles. The first-order valence-corrected chi connectivity index (χ1v) is 11.4. The van der Waals surface area contributed by atoms with Gasteiger partial charge in [-0.05, 0) is 35.4 Å². The zero-order chi connectivity index (χ0) is 21.6. The summed E-state index contributed by atoms with van der Waals surface area (Å²) in [6, 6.07) is 29.0. The molecule has 6 heteroatoms. The number of rotatable bonds is 6. The second-order valence-electron chi connectivity index (χ2n) is 6.80. The molecular formula is C25H19N3OS2. The zero-order valence-corrected chi connectivity index (χ0v) is 18.1. The number of carbonyl (C=O) groups is 1. The summed E-state index contributed by atoms with van der Waals surface area (Å²) in [5.74, 6) is -0.175. The van der Waals surface area contributed by atoms with E-state index in [0.29, 0.717) is 16.3 Å². The summed E-state index contributed by atoms with van der Waals surface area (Å²) in [6.07, 6.45) is 0. The summed E-state index contributed by atoms with van der Waals surface area (Å²) in [6.45, 7) is 0. The van der Waals surface area contributed by atoms with E-state index in [9.17, 15) is 10.1 Å². The van der Waals surface area contributed by atoms with Crippen molar-refractivity contribution in [3.63, 3.8) is 0 Å². The molecular weight excluding hydrogens is 422 g/mol. The molecule has 4 nitrogen and oxygen atoms in total. The van der Waals surface area contributed by atoms with Crippen LogP contribution in [0.3, 0.4) is 0 Å². The highest BCUT2D eigenvalue weighted by Gasteiger charge is 2.24. The van der Waals surface area contributed by atoms with Gasteiger partial charge < -0.3 is 11.1 Å². The van der Waals surface area contributed by atoms with Crippen molar-refractivity contribution in [3.8, 4) is 17.2 Å². The summed E-state index contributed by atoms with van der Waals surface area (Å²) < 4.78 is 0. The van der Waals surface area contributed by atoms with Crippen molar-refractivity contribution in [2.75, 3.05) is 11.1 Å². The molecule has 0 bridgehead atoms. The Morgan fingerprint density at radius 2 is 1.61 bits per heavy atom. The van der Waals surface area contributed by atoms with E-state index in [2.05, 4.69) is 11.4 Å². The lowest BCUT2D eigenvalue weighted by Crippen LogP contribution is -2.19. The van der Waals surface area contributed by atoms with Crippen LogP contribution in [0.25, 0.3) is 11.1 Å². The predicted molar refractivity (Wildman–Crippen MR) is 129 cm³/mol. The molecule has 0 saturated carbocycles. The van der Waals surface area contributed by atoms with Crippen molar-refractivity contribution in [1.82, 2.24) is 0 Å². The minimum atomic E-state index is -0.473. The first-order valence-electron chi connectivity index (χ1n) is 9.60. The van der Waals surface area contributed by atoms with Gasteiger partial charge in [-0.1, -0.05) is 60.7 Å². The molecule has 0 saturated heterocycles. The van der Waals surface area contributed by atoms with Crippen LogP contribution >= 0.6 is 23.1 Å². The summed E-state index contributed by atoms with van der Waals surface area (Å²) in [5, 5.41) is 14.8. The molecule has 1 heterocycles. The molecule has 0 aliphatic heterocycles. The van der Waals surface area contributed by atoms with E-state index >= 15 is 0 Å². The van der Waals surface area contributed by atoms with Gasteiger partial charge >= 0.3 is 0 Å². The minimum absolute atomic E-state index is 0.175. The van der Waals surface area contributed by atoms with Crippen molar-refractivity contribution in [2.24, 2.45) is 0 Å². The van der Waals surface area contributed by atoms with Crippen LogP contribution in [0.1, 0.15) is 16.4 Å². The molecule has 152 valence electrons.